The molecule has 0 unspecified atom stereocenters. The highest BCUT2D eigenvalue weighted by molar-refractivity contribution is 6.31. The molecule has 0 spiro atoms. The first-order valence-electron chi connectivity index (χ1n) is 12.8. The molecule has 0 atom stereocenters. The Labute approximate surface area is 221 Å². The summed E-state index contributed by atoms with van der Waals surface area (Å²) in [4.78, 5) is 21.4. The second kappa shape index (κ2) is 12.0. The molecule has 1 aliphatic carbocycles. The number of carbonyl (C=O) groups is 1. The lowest BCUT2D eigenvalue weighted by molar-refractivity contribution is -0.119. The highest BCUT2D eigenvalue weighted by atomic mass is 35.5. The van der Waals surface area contributed by atoms with E-state index in [1.807, 2.05) is 6.07 Å². The van der Waals surface area contributed by atoms with Gasteiger partial charge in [0.15, 0.2) is 11.5 Å². The third-order valence-corrected chi connectivity index (χ3v) is 7.11. The molecule has 1 saturated carbocycles. The van der Waals surface area contributed by atoms with E-state index in [9.17, 15) is 4.79 Å². The third-order valence-electron chi connectivity index (χ3n) is 6.76. The molecule has 3 aromatic rings. The number of aromatic nitrogens is 2. The summed E-state index contributed by atoms with van der Waals surface area (Å²) in [5, 5.41) is 1.07. The fraction of sp³-hybridized carbons (Fsp3) is 0.464. The Kier molecular flexibility index (Phi) is 8.26. The van der Waals surface area contributed by atoms with Crippen molar-refractivity contribution in [1.29, 1.82) is 0 Å². The molecule has 5 rings (SSSR count). The van der Waals surface area contributed by atoms with Crippen LogP contribution < -0.4 is 18.9 Å². The van der Waals surface area contributed by atoms with Gasteiger partial charge in [-0.05, 0) is 23.6 Å². The molecule has 1 aromatic heterocycles. The molecule has 2 heterocycles. The summed E-state index contributed by atoms with van der Waals surface area (Å²) in [7, 11) is 1.61. The topological polar surface area (TPSA) is 89.0 Å². The van der Waals surface area contributed by atoms with Crippen LogP contribution in [0.15, 0.2) is 30.6 Å². The number of fused-ring (bicyclic) bond motifs is 3. The third kappa shape index (κ3) is 6.08. The van der Waals surface area contributed by atoms with Crippen molar-refractivity contribution in [3.8, 4) is 28.9 Å². The number of hydrogen-bond acceptors (Lipinski definition) is 8. The minimum absolute atomic E-state index is 0.233. The predicted molar refractivity (Wildman–Crippen MR) is 139 cm³/mol. The van der Waals surface area contributed by atoms with Crippen molar-refractivity contribution < 1.29 is 28.5 Å². The van der Waals surface area contributed by atoms with Gasteiger partial charge in [-0.3, -0.25) is 4.79 Å². The van der Waals surface area contributed by atoms with Gasteiger partial charge in [0.1, 0.15) is 43.1 Å². The summed E-state index contributed by atoms with van der Waals surface area (Å²) < 4.78 is 28.9. The summed E-state index contributed by atoms with van der Waals surface area (Å²) in [6.07, 6.45) is 8.42. The normalized spacial score (nSPS) is 15.5. The van der Waals surface area contributed by atoms with Crippen molar-refractivity contribution in [2.24, 2.45) is 5.92 Å². The largest absolute Gasteiger partial charge is 0.487 e. The number of ether oxygens (including phenoxy) is 5. The number of ketones is 1. The maximum Gasteiger partial charge on any atom is 0.234 e. The maximum atomic E-state index is 12.7. The SMILES string of the molecule is COCCOc1cc2ncnc(Oc3ccc(CC(=O)CC4CCCCC4)c(Cl)c3)c2c2c1OCCO2. The van der Waals surface area contributed by atoms with Crippen molar-refractivity contribution in [2.75, 3.05) is 33.5 Å². The van der Waals surface area contributed by atoms with E-state index in [0.29, 0.717) is 90.0 Å². The minimum Gasteiger partial charge on any atom is -0.487 e. The first-order valence-corrected chi connectivity index (χ1v) is 13.2. The van der Waals surface area contributed by atoms with Crippen LogP contribution >= 0.6 is 11.6 Å². The van der Waals surface area contributed by atoms with Crippen LogP contribution in [0.2, 0.25) is 5.02 Å². The van der Waals surface area contributed by atoms with E-state index < -0.39 is 0 Å². The van der Waals surface area contributed by atoms with Crippen LogP contribution in [0.5, 0.6) is 28.9 Å². The first-order chi connectivity index (χ1) is 18.1. The average Bonchev–Trinajstić information content (AvgIpc) is 2.91. The van der Waals surface area contributed by atoms with E-state index in [0.717, 1.165) is 18.4 Å². The van der Waals surface area contributed by atoms with Crippen LogP contribution in [0, 0.1) is 5.92 Å². The summed E-state index contributed by atoms with van der Waals surface area (Å²) in [6.45, 7) is 1.59. The number of methoxy groups -OCH3 is 1. The Balaban J connectivity index is 1.36. The van der Waals surface area contributed by atoms with Gasteiger partial charge < -0.3 is 23.7 Å². The number of nitrogens with zero attached hydrogens (tertiary/aromatic N) is 2. The first kappa shape index (κ1) is 25.5. The number of carbonyl (C=O) groups excluding carboxylic acids is 1. The van der Waals surface area contributed by atoms with Gasteiger partial charge in [0.05, 0.1) is 12.1 Å². The van der Waals surface area contributed by atoms with E-state index in [1.54, 1.807) is 25.3 Å². The van der Waals surface area contributed by atoms with E-state index in [1.165, 1.54) is 25.6 Å². The molecule has 8 nitrogen and oxygen atoms in total. The molecule has 2 aliphatic rings. The van der Waals surface area contributed by atoms with Crippen LogP contribution in [0.4, 0.5) is 0 Å². The summed E-state index contributed by atoms with van der Waals surface area (Å²) in [5.74, 6) is 3.04. The summed E-state index contributed by atoms with van der Waals surface area (Å²) in [5.41, 5.74) is 1.40. The zero-order valence-electron chi connectivity index (χ0n) is 21.0. The van der Waals surface area contributed by atoms with Gasteiger partial charge in [0, 0.05) is 31.0 Å². The lowest BCUT2D eigenvalue weighted by Crippen LogP contribution is -2.17. The van der Waals surface area contributed by atoms with Gasteiger partial charge in [-0.15, -0.1) is 0 Å². The van der Waals surface area contributed by atoms with Crippen molar-refractivity contribution in [1.82, 2.24) is 9.97 Å². The number of hydrogen-bond donors (Lipinski definition) is 0. The van der Waals surface area contributed by atoms with Crippen molar-refractivity contribution in [3.05, 3.63) is 41.2 Å². The summed E-state index contributed by atoms with van der Waals surface area (Å²) in [6, 6.07) is 7.14. The van der Waals surface area contributed by atoms with Crippen molar-refractivity contribution in [2.45, 2.75) is 44.9 Å². The van der Waals surface area contributed by atoms with Gasteiger partial charge in [0.25, 0.3) is 0 Å². The Morgan fingerprint density at radius 1 is 1.05 bits per heavy atom. The second-order valence-corrected chi connectivity index (χ2v) is 9.83. The Bertz CT molecular complexity index is 1260. The lowest BCUT2D eigenvalue weighted by atomic mass is 9.85. The number of Topliss-reactive ketones (excluding diaryl/α,β-unsaturated/α-hetero) is 1. The Morgan fingerprint density at radius 3 is 2.65 bits per heavy atom. The van der Waals surface area contributed by atoms with Crippen molar-refractivity contribution >= 4 is 28.3 Å². The number of halogens is 1. The van der Waals surface area contributed by atoms with Crippen LogP contribution in [0.25, 0.3) is 10.9 Å². The van der Waals surface area contributed by atoms with Gasteiger partial charge in [0.2, 0.25) is 11.6 Å². The molecule has 196 valence electrons. The van der Waals surface area contributed by atoms with Gasteiger partial charge in [-0.25, -0.2) is 9.97 Å². The van der Waals surface area contributed by atoms with Crippen LogP contribution in [-0.2, 0) is 16.0 Å². The van der Waals surface area contributed by atoms with Gasteiger partial charge in [-0.2, -0.15) is 0 Å². The van der Waals surface area contributed by atoms with E-state index >= 15 is 0 Å². The molecule has 9 heteroatoms. The molecule has 0 saturated heterocycles. The molecule has 0 N–H and O–H groups in total. The van der Waals surface area contributed by atoms with E-state index in [4.69, 9.17) is 35.3 Å². The fourth-order valence-corrected chi connectivity index (χ4v) is 5.18. The summed E-state index contributed by atoms with van der Waals surface area (Å²) >= 11 is 6.56. The number of benzene rings is 2. The molecule has 37 heavy (non-hydrogen) atoms. The van der Waals surface area contributed by atoms with E-state index in [2.05, 4.69) is 9.97 Å². The Morgan fingerprint density at radius 2 is 1.86 bits per heavy atom. The fourth-order valence-electron chi connectivity index (χ4n) is 4.95. The molecule has 0 bridgehead atoms. The van der Waals surface area contributed by atoms with Gasteiger partial charge >= 0.3 is 0 Å². The average molecular weight is 527 g/mol. The molecule has 1 fully saturated rings. The molecular weight excluding hydrogens is 496 g/mol. The lowest BCUT2D eigenvalue weighted by Gasteiger charge is -2.23. The Hall–Kier alpha value is -3.10. The highest BCUT2D eigenvalue weighted by Crippen LogP contribution is 2.48. The zero-order valence-corrected chi connectivity index (χ0v) is 21.7. The van der Waals surface area contributed by atoms with Crippen molar-refractivity contribution in [3.63, 3.8) is 0 Å². The molecular formula is C28H31ClN2O6. The quantitative estimate of drug-likeness (QED) is 0.299. The monoisotopic (exact) mass is 526 g/mol. The van der Waals surface area contributed by atoms with E-state index in [-0.39, 0.29) is 5.78 Å². The smallest absolute Gasteiger partial charge is 0.234 e. The minimum atomic E-state index is 0.233. The molecule has 0 radical (unpaired) electrons. The standard InChI is InChI=1S/C28H31ClN2O6/c1-33-9-10-34-24-16-23-25(27-26(24)35-11-12-36-27)28(31-17-30-23)37-21-8-7-19(22(29)15-21)14-20(32)13-18-5-3-2-4-6-18/h7-8,15-18H,2-6,9-14H2,1H3. The van der Waals surface area contributed by atoms with Gasteiger partial charge in [-0.1, -0.05) is 49.8 Å². The van der Waals surface area contributed by atoms with Crippen LogP contribution in [0.1, 0.15) is 44.1 Å². The molecule has 1 aliphatic heterocycles. The molecule has 2 aromatic carbocycles. The molecule has 0 amide bonds. The van der Waals surface area contributed by atoms with Crippen LogP contribution in [-0.4, -0.2) is 49.3 Å². The van der Waals surface area contributed by atoms with Crippen LogP contribution in [0.3, 0.4) is 0 Å². The predicted octanol–water partition coefficient (Wildman–Crippen LogP) is 5.95. The highest BCUT2D eigenvalue weighted by Gasteiger charge is 2.25. The maximum absolute atomic E-state index is 12.7. The zero-order chi connectivity index (χ0) is 25.6. The second-order valence-electron chi connectivity index (χ2n) is 9.42. The number of rotatable bonds is 10.